The lowest BCUT2D eigenvalue weighted by atomic mass is 9.56. The van der Waals surface area contributed by atoms with Gasteiger partial charge in [-0.05, 0) is 104 Å². The second-order valence-corrected chi connectivity index (χ2v) is 11.9. The molecular formula is C33H39F2N3O. The number of benzene rings is 3. The summed E-state index contributed by atoms with van der Waals surface area (Å²) in [4.78, 5) is 7.55. The fraction of sp³-hybridized carbons (Fsp3) is 0.455. The number of halogens is 2. The summed E-state index contributed by atoms with van der Waals surface area (Å²) in [5.74, 6) is 0.416. The van der Waals surface area contributed by atoms with Crippen LogP contribution in [0.4, 0.5) is 8.78 Å². The Morgan fingerprint density at radius 3 is 2.10 bits per heavy atom. The average Bonchev–Trinajstić information content (AvgIpc) is 2.94. The summed E-state index contributed by atoms with van der Waals surface area (Å²) in [6.07, 6.45) is 3.27. The summed E-state index contributed by atoms with van der Waals surface area (Å²) in [6.45, 7) is 8.24. The molecule has 0 spiro atoms. The third-order valence-corrected chi connectivity index (χ3v) is 10.0. The van der Waals surface area contributed by atoms with Crippen LogP contribution in [0.15, 0.2) is 66.7 Å². The van der Waals surface area contributed by atoms with Crippen LogP contribution >= 0.6 is 0 Å². The summed E-state index contributed by atoms with van der Waals surface area (Å²) < 4.78 is 27.4. The molecule has 1 N–H and O–H groups in total. The Morgan fingerprint density at radius 1 is 0.872 bits per heavy atom. The van der Waals surface area contributed by atoms with Gasteiger partial charge in [-0.1, -0.05) is 37.3 Å². The first-order valence-corrected chi connectivity index (χ1v) is 14.3. The molecule has 3 aromatic rings. The van der Waals surface area contributed by atoms with Gasteiger partial charge >= 0.3 is 0 Å². The van der Waals surface area contributed by atoms with Gasteiger partial charge in [0.15, 0.2) is 0 Å². The highest BCUT2D eigenvalue weighted by Crippen LogP contribution is 2.51. The van der Waals surface area contributed by atoms with Crippen LogP contribution in [-0.2, 0) is 11.8 Å². The van der Waals surface area contributed by atoms with E-state index in [0.29, 0.717) is 17.7 Å². The van der Waals surface area contributed by atoms with Crippen LogP contribution in [0.5, 0.6) is 5.75 Å². The van der Waals surface area contributed by atoms with Crippen molar-refractivity contribution in [2.75, 3.05) is 46.3 Å². The molecule has 0 saturated carbocycles. The zero-order valence-electron chi connectivity index (χ0n) is 23.0. The SMILES string of the molecule is C[C@@H]1[C@@H]2Cc3ccc(O)cc3[C@]1(CCN1CCN(C(c3ccc(F)cc3)c3ccc(F)cc3)CC1)CCN2C. The molecule has 4 nitrogen and oxygen atoms in total. The molecule has 206 valence electrons. The van der Waals surface area contributed by atoms with Crippen LogP contribution in [0.3, 0.4) is 0 Å². The van der Waals surface area contributed by atoms with Gasteiger partial charge in [0.25, 0.3) is 0 Å². The monoisotopic (exact) mass is 531 g/mol. The minimum atomic E-state index is -0.247. The van der Waals surface area contributed by atoms with E-state index < -0.39 is 0 Å². The number of hydrogen-bond acceptors (Lipinski definition) is 4. The van der Waals surface area contributed by atoms with Crippen LogP contribution in [0.1, 0.15) is 48.1 Å². The number of phenolic OH excluding ortho intramolecular Hbond substituents is 1. The lowest BCUT2D eigenvalue weighted by Crippen LogP contribution is -2.59. The Kier molecular flexibility index (Phi) is 7.21. The highest BCUT2D eigenvalue weighted by atomic mass is 19.1. The number of likely N-dealkylation sites (tertiary alicyclic amines) is 1. The highest BCUT2D eigenvalue weighted by Gasteiger charge is 2.50. The maximum absolute atomic E-state index is 13.7. The number of phenols is 1. The van der Waals surface area contributed by atoms with E-state index in [1.165, 1.54) is 35.4 Å². The van der Waals surface area contributed by atoms with Gasteiger partial charge in [0.2, 0.25) is 0 Å². The minimum absolute atomic E-state index is 0.0326. The van der Waals surface area contributed by atoms with Gasteiger partial charge in [0.1, 0.15) is 17.4 Å². The van der Waals surface area contributed by atoms with E-state index in [0.717, 1.165) is 69.7 Å². The molecule has 2 aliphatic heterocycles. The molecule has 2 fully saturated rings. The van der Waals surface area contributed by atoms with Crippen LogP contribution < -0.4 is 0 Å². The molecule has 2 bridgehead atoms. The molecule has 1 aliphatic carbocycles. The molecule has 6 heteroatoms. The summed E-state index contributed by atoms with van der Waals surface area (Å²) >= 11 is 0. The second kappa shape index (κ2) is 10.6. The maximum Gasteiger partial charge on any atom is 0.123 e. The van der Waals surface area contributed by atoms with Gasteiger partial charge in [-0.2, -0.15) is 0 Å². The van der Waals surface area contributed by atoms with E-state index >= 15 is 0 Å². The van der Waals surface area contributed by atoms with E-state index in [2.05, 4.69) is 34.7 Å². The van der Waals surface area contributed by atoms with E-state index in [1.807, 2.05) is 36.4 Å². The molecule has 0 aromatic heterocycles. The molecule has 3 aromatic carbocycles. The van der Waals surface area contributed by atoms with E-state index in [9.17, 15) is 13.9 Å². The van der Waals surface area contributed by atoms with E-state index in [-0.39, 0.29) is 23.1 Å². The Morgan fingerprint density at radius 2 is 1.49 bits per heavy atom. The molecule has 0 radical (unpaired) electrons. The topological polar surface area (TPSA) is 30.0 Å². The third kappa shape index (κ3) is 4.99. The molecule has 3 atom stereocenters. The quantitative estimate of drug-likeness (QED) is 0.449. The Bertz CT molecular complexity index is 1240. The summed E-state index contributed by atoms with van der Waals surface area (Å²) in [5.41, 5.74) is 4.91. The van der Waals surface area contributed by atoms with Crippen LogP contribution in [0.25, 0.3) is 0 Å². The van der Waals surface area contributed by atoms with E-state index in [1.54, 1.807) is 0 Å². The smallest absolute Gasteiger partial charge is 0.123 e. The molecule has 2 saturated heterocycles. The van der Waals surface area contributed by atoms with Crippen LogP contribution in [-0.4, -0.2) is 72.2 Å². The molecule has 0 unspecified atom stereocenters. The number of piperidine rings is 1. The number of piperazine rings is 1. The predicted molar refractivity (Wildman–Crippen MR) is 151 cm³/mol. The predicted octanol–water partition coefficient (Wildman–Crippen LogP) is 5.60. The normalized spacial score (nSPS) is 26.1. The summed E-state index contributed by atoms with van der Waals surface area (Å²) in [6, 6.07) is 20.0. The number of rotatable bonds is 6. The van der Waals surface area contributed by atoms with Crippen molar-refractivity contribution in [2.24, 2.45) is 5.92 Å². The maximum atomic E-state index is 13.7. The zero-order chi connectivity index (χ0) is 27.1. The van der Waals surface area contributed by atoms with Crippen molar-refractivity contribution < 1.29 is 13.9 Å². The highest BCUT2D eigenvalue weighted by molar-refractivity contribution is 5.44. The number of hydrogen-bond donors (Lipinski definition) is 1. The van der Waals surface area contributed by atoms with Crippen LogP contribution in [0.2, 0.25) is 0 Å². The summed E-state index contributed by atoms with van der Waals surface area (Å²) in [5, 5.41) is 10.4. The molecule has 3 aliphatic rings. The average molecular weight is 532 g/mol. The minimum Gasteiger partial charge on any atom is -0.508 e. The van der Waals surface area contributed by atoms with Crippen molar-refractivity contribution in [3.63, 3.8) is 0 Å². The first-order valence-electron chi connectivity index (χ1n) is 14.3. The van der Waals surface area contributed by atoms with Crippen molar-refractivity contribution in [1.82, 2.24) is 14.7 Å². The van der Waals surface area contributed by atoms with Gasteiger partial charge < -0.3 is 14.9 Å². The van der Waals surface area contributed by atoms with Crippen molar-refractivity contribution in [1.29, 1.82) is 0 Å². The Balaban J connectivity index is 1.18. The third-order valence-electron chi connectivity index (χ3n) is 10.0. The second-order valence-electron chi connectivity index (χ2n) is 11.9. The lowest BCUT2D eigenvalue weighted by molar-refractivity contribution is 0.0246. The van der Waals surface area contributed by atoms with Gasteiger partial charge in [0, 0.05) is 37.6 Å². The Labute approximate surface area is 230 Å². The fourth-order valence-electron chi connectivity index (χ4n) is 7.66. The number of nitrogens with zero attached hydrogens (tertiary/aromatic N) is 3. The largest absolute Gasteiger partial charge is 0.508 e. The standard InChI is InChI=1S/C33H39F2N3O/c1-23-31-21-26-7-12-29(39)22-30(26)33(23,13-15-36(31)2)14-16-37-17-19-38(20-18-37)32(24-3-8-27(34)9-4-24)25-5-10-28(35)11-6-25/h3-12,22-23,31-32,39H,13-21H2,1-2H3/t23-,31+,33+/m1/s1. The molecule has 0 amide bonds. The van der Waals surface area contributed by atoms with Gasteiger partial charge in [-0.15, -0.1) is 0 Å². The molecule has 2 heterocycles. The first kappa shape index (κ1) is 26.4. The molecular weight excluding hydrogens is 492 g/mol. The van der Waals surface area contributed by atoms with Crippen molar-refractivity contribution in [3.05, 3.63) is 101 Å². The van der Waals surface area contributed by atoms with Crippen LogP contribution in [0, 0.1) is 17.6 Å². The first-order chi connectivity index (χ1) is 18.8. The van der Waals surface area contributed by atoms with E-state index in [4.69, 9.17) is 0 Å². The Hall–Kier alpha value is -2.80. The van der Waals surface area contributed by atoms with Crippen molar-refractivity contribution in [3.8, 4) is 5.75 Å². The fourth-order valence-corrected chi connectivity index (χ4v) is 7.66. The van der Waals surface area contributed by atoms with Crippen molar-refractivity contribution in [2.45, 2.75) is 43.7 Å². The lowest BCUT2D eigenvalue weighted by Gasteiger charge is -2.56. The molecule has 39 heavy (non-hydrogen) atoms. The summed E-state index contributed by atoms with van der Waals surface area (Å²) in [7, 11) is 2.26. The zero-order valence-corrected chi connectivity index (χ0v) is 23.0. The van der Waals surface area contributed by atoms with Gasteiger partial charge in [-0.25, -0.2) is 8.78 Å². The van der Waals surface area contributed by atoms with Crippen molar-refractivity contribution >= 4 is 0 Å². The number of fused-ring (bicyclic) bond motifs is 4. The molecule has 6 rings (SSSR count). The van der Waals surface area contributed by atoms with Gasteiger partial charge in [0.05, 0.1) is 6.04 Å². The number of likely N-dealkylation sites (N-methyl/N-ethyl adjacent to an activating group) is 1. The van der Waals surface area contributed by atoms with Gasteiger partial charge in [-0.3, -0.25) is 4.90 Å². The number of aromatic hydroxyl groups is 1.